The first-order chi connectivity index (χ1) is 10.1. The maximum Gasteiger partial charge on any atom is 0.0456 e. The molecule has 112 valence electrons. The number of aryl methyl sites for hydroxylation is 2. The molecular weight excluding hydrogens is 278 g/mol. The van der Waals surface area contributed by atoms with Crippen molar-refractivity contribution in [2.24, 2.45) is 0 Å². The number of nitrogens with one attached hydrogen (secondary N) is 1. The summed E-state index contributed by atoms with van der Waals surface area (Å²) in [6.07, 6.45) is 2.04. The zero-order chi connectivity index (χ0) is 15.2. The summed E-state index contributed by atoms with van der Waals surface area (Å²) in [6, 6.07) is 15.5. The van der Waals surface area contributed by atoms with Gasteiger partial charge in [0.1, 0.15) is 0 Å². The first-order valence-corrected chi connectivity index (χ1v) is 8.09. The Balaban J connectivity index is 2.21. The van der Waals surface area contributed by atoms with Crippen molar-refractivity contribution < 1.29 is 0 Å². The lowest BCUT2D eigenvalue weighted by Gasteiger charge is -2.20. The molecule has 2 aromatic carbocycles. The quantitative estimate of drug-likeness (QED) is 0.782. The highest BCUT2D eigenvalue weighted by molar-refractivity contribution is 6.31. The average molecular weight is 302 g/mol. The molecule has 2 rings (SSSR count). The topological polar surface area (TPSA) is 12.0 Å². The minimum atomic E-state index is 0.260. The van der Waals surface area contributed by atoms with E-state index in [0.29, 0.717) is 0 Å². The van der Waals surface area contributed by atoms with E-state index in [1.165, 1.54) is 22.3 Å². The van der Waals surface area contributed by atoms with Crippen molar-refractivity contribution in [3.8, 4) is 0 Å². The van der Waals surface area contributed by atoms with E-state index in [4.69, 9.17) is 11.6 Å². The van der Waals surface area contributed by atoms with E-state index < -0.39 is 0 Å². The van der Waals surface area contributed by atoms with Gasteiger partial charge in [0.05, 0.1) is 0 Å². The van der Waals surface area contributed by atoms with Crippen molar-refractivity contribution in [3.05, 3.63) is 69.7 Å². The summed E-state index contributed by atoms with van der Waals surface area (Å²) in [5, 5.41) is 4.40. The Morgan fingerprint density at radius 2 is 1.67 bits per heavy atom. The van der Waals surface area contributed by atoms with Crippen LogP contribution in [0.4, 0.5) is 0 Å². The van der Waals surface area contributed by atoms with Gasteiger partial charge in [-0.1, -0.05) is 61.8 Å². The molecule has 0 aliphatic heterocycles. The van der Waals surface area contributed by atoms with Gasteiger partial charge in [-0.05, 0) is 54.6 Å². The third-order valence-corrected chi connectivity index (χ3v) is 4.18. The van der Waals surface area contributed by atoms with E-state index in [2.05, 4.69) is 62.5 Å². The molecule has 0 fully saturated rings. The van der Waals surface area contributed by atoms with Crippen molar-refractivity contribution >= 4 is 11.6 Å². The molecule has 0 heterocycles. The first-order valence-electron chi connectivity index (χ1n) is 7.71. The second-order valence-electron chi connectivity index (χ2n) is 5.51. The third kappa shape index (κ3) is 4.33. The van der Waals surface area contributed by atoms with Crippen LogP contribution in [-0.2, 0) is 12.8 Å². The number of benzene rings is 2. The number of hydrogen-bond acceptors (Lipinski definition) is 1. The van der Waals surface area contributed by atoms with Crippen LogP contribution in [0.1, 0.15) is 42.1 Å². The molecule has 0 amide bonds. The van der Waals surface area contributed by atoms with Crippen LogP contribution in [0.5, 0.6) is 0 Å². The van der Waals surface area contributed by atoms with E-state index in [9.17, 15) is 0 Å². The Hall–Kier alpha value is -1.31. The van der Waals surface area contributed by atoms with Gasteiger partial charge in [-0.25, -0.2) is 0 Å². The van der Waals surface area contributed by atoms with Gasteiger partial charge in [0, 0.05) is 11.1 Å². The zero-order valence-corrected chi connectivity index (χ0v) is 13.9. The van der Waals surface area contributed by atoms with Crippen molar-refractivity contribution in [1.82, 2.24) is 5.32 Å². The van der Waals surface area contributed by atoms with Gasteiger partial charge in [0.2, 0.25) is 0 Å². The summed E-state index contributed by atoms with van der Waals surface area (Å²) in [6.45, 7) is 7.32. The molecule has 1 atom stereocenters. The molecule has 0 spiro atoms. The van der Waals surface area contributed by atoms with Gasteiger partial charge in [-0.2, -0.15) is 0 Å². The SMILES string of the molecule is CCNC(Cc1ccc(CC)cc1)c1ccc(C)cc1Cl. The standard InChI is InChI=1S/C19H24ClN/c1-4-15-7-9-16(10-8-15)13-19(21-5-2)17-11-6-14(3)12-18(17)20/h6-12,19,21H,4-5,13H2,1-3H3. The molecule has 21 heavy (non-hydrogen) atoms. The molecule has 2 heteroatoms. The molecule has 0 aromatic heterocycles. The molecule has 0 radical (unpaired) electrons. The second kappa shape index (κ2) is 7.63. The number of likely N-dealkylation sites (N-methyl/N-ethyl adjacent to an activating group) is 1. The number of hydrogen-bond donors (Lipinski definition) is 1. The molecule has 0 bridgehead atoms. The van der Waals surface area contributed by atoms with Crippen LogP contribution >= 0.6 is 11.6 Å². The van der Waals surface area contributed by atoms with Crippen molar-refractivity contribution in [2.75, 3.05) is 6.54 Å². The number of halogens is 1. The lowest BCUT2D eigenvalue weighted by atomic mass is 9.97. The highest BCUT2D eigenvalue weighted by Gasteiger charge is 2.14. The zero-order valence-electron chi connectivity index (χ0n) is 13.1. The lowest BCUT2D eigenvalue weighted by Crippen LogP contribution is -2.23. The molecule has 0 aliphatic rings. The maximum absolute atomic E-state index is 6.43. The van der Waals surface area contributed by atoms with E-state index in [1.54, 1.807) is 0 Å². The third-order valence-electron chi connectivity index (χ3n) is 3.85. The lowest BCUT2D eigenvalue weighted by molar-refractivity contribution is 0.550. The van der Waals surface area contributed by atoms with Gasteiger partial charge in [0.25, 0.3) is 0 Å². The van der Waals surface area contributed by atoms with Gasteiger partial charge in [0.15, 0.2) is 0 Å². The minimum Gasteiger partial charge on any atom is -0.310 e. The van der Waals surface area contributed by atoms with Crippen LogP contribution in [0.3, 0.4) is 0 Å². The Morgan fingerprint density at radius 3 is 2.24 bits per heavy atom. The summed E-state index contributed by atoms with van der Waals surface area (Å²) in [5.41, 5.74) is 5.11. The number of rotatable bonds is 6. The highest BCUT2D eigenvalue weighted by Crippen LogP contribution is 2.27. The van der Waals surface area contributed by atoms with Gasteiger partial charge < -0.3 is 5.32 Å². The highest BCUT2D eigenvalue weighted by atomic mass is 35.5. The molecule has 1 N–H and O–H groups in total. The normalized spacial score (nSPS) is 12.4. The Labute approximate surface area is 133 Å². The summed E-state index contributed by atoms with van der Waals surface area (Å²) in [7, 11) is 0. The van der Waals surface area contributed by atoms with E-state index in [0.717, 1.165) is 24.4 Å². The summed E-state index contributed by atoms with van der Waals surface area (Å²) < 4.78 is 0. The van der Waals surface area contributed by atoms with Gasteiger partial charge in [-0.3, -0.25) is 0 Å². The monoisotopic (exact) mass is 301 g/mol. The largest absolute Gasteiger partial charge is 0.310 e. The molecule has 2 aromatic rings. The van der Waals surface area contributed by atoms with Gasteiger partial charge >= 0.3 is 0 Å². The van der Waals surface area contributed by atoms with E-state index >= 15 is 0 Å². The molecule has 1 unspecified atom stereocenters. The predicted octanol–water partition coefficient (Wildman–Crippen LogP) is 5.10. The molecule has 0 aliphatic carbocycles. The van der Waals surface area contributed by atoms with Crippen molar-refractivity contribution in [1.29, 1.82) is 0 Å². The maximum atomic E-state index is 6.43. The van der Waals surface area contributed by atoms with Gasteiger partial charge in [-0.15, -0.1) is 0 Å². The van der Waals surface area contributed by atoms with Crippen LogP contribution in [0, 0.1) is 6.92 Å². The fraction of sp³-hybridized carbons (Fsp3) is 0.368. The smallest absolute Gasteiger partial charge is 0.0456 e. The molecule has 1 nitrogen and oxygen atoms in total. The molecule has 0 saturated heterocycles. The Morgan fingerprint density at radius 1 is 1.00 bits per heavy atom. The predicted molar refractivity (Wildman–Crippen MR) is 92.1 cm³/mol. The van der Waals surface area contributed by atoms with Crippen molar-refractivity contribution in [3.63, 3.8) is 0 Å². The van der Waals surface area contributed by atoms with Crippen LogP contribution in [0.25, 0.3) is 0 Å². The van der Waals surface area contributed by atoms with Crippen LogP contribution in [0.15, 0.2) is 42.5 Å². The average Bonchev–Trinajstić information content (AvgIpc) is 2.48. The summed E-state index contributed by atoms with van der Waals surface area (Å²) >= 11 is 6.43. The molecule has 0 saturated carbocycles. The summed E-state index contributed by atoms with van der Waals surface area (Å²) in [4.78, 5) is 0. The van der Waals surface area contributed by atoms with Crippen LogP contribution < -0.4 is 5.32 Å². The van der Waals surface area contributed by atoms with Crippen molar-refractivity contribution in [2.45, 2.75) is 39.7 Å². The van der Waals surface area contributed by atoms with Crippen LogP contribution in [0.2, 0.25) is 5.02 Å². The Bertz CT molecular complexity index is 575. The van der Waals surface area contributed by atoms with Crippen LogP contribution in [-0.4, -0.2) is 6.54 Å². The fourth-order valence-electron chi connectivity index (χ4n) is 2.60. The van der Waals surface area contributed by atoms with E-state index in [-0.39, 0.29) is 6.04 Å². The molecular formula is C19H24ClN. The van der Waals surface area contributed by atoms with E-state index in [1.807, 2.05) is 6.07 Å². The first kappa shape index (κ1) is 16.1. The Kier molecular flexibility index (Phi) is 5.84. The second-order valence-corrected chi connectivity index (χ2v) is 5.92. The minimum absolute atomic E-state index is 0.260. The fourth-order valence-corrected chi connectivity index (χ4v) is 2.97. The summed E-state index contributed by atoms with van der Waals surface area (Å²) in [5.74, 6) is 0.